The summed E-state index contributed by atoms with van der Waals surface area (Å²) in [6.45, 7) is 5.21. The Hall–Kier alpha value is -3.39. The molecular formula is C27H35N3O5. The fourth-order valence-electron chi connectivity index (χ4n) is 3.83. The Bertz CT molecular complexity index is 976. The van der Waals surface area contributed by atoms with Crippen LogP contribution < -0.4 is 20.7 Å². The molecule has 0 bridgehead atoms. The van der Waals surface area contributed by atoms with Crippen LogP contribution in [0.2, 0.25) is 0 Å². The summed E-state index contributed by atoms with van der Waals surface area (Å²) in [7, 11) is 0. The zero-order valence-electron chi connectivity index (χ0n) is 20.4. The van der Waals surface area contributed by atoms with E-state index in [9.17, 15) is 14.4 Å². The lowest BCUT2D eigenvalue weighted by Gasteiger charge is -2.24. The average Bonchev–Trinajstić information content (AvgIpc) is 3.42. The largest absolute Gasteiger partial charge is 0.483 e. The van der Waals surface area contributed by atoms with Crippen molar-refractivity contribution in [2.24, 2.45) is 5.92 Å². The number of hydrogen-bond donors (Lipinski definition) is 3. The van der Waals surface area contributed by atoms with Crippen molar-refractivity contribution in [3.63, 3.8) is 0 Å². The third-order valence-corrected chi connectivity index (χ3v) is 6.15. The van der Waals surface area contributed by atoms with Gasteiger partial charge in [-0.3, -0.25) is 14.4 Å². The second kappa shape index (κ2) is 13.5. The quantitative estimate of drug-likeness (QED) is 0.432. The van der Waals surface area contributed by atoms with E-state index in [4.69, 9.17) is 9.47 Å². The van der Waals surface area contributed by atoms with E-state index in [0.717, 1.165) is 31.4 Å². The van der Waals surface area contributed by atoms with Crippen molar-refractivity contribution < 1.29 is 23.9 Å². The fraction of sp³-hybridized carbons (Fsp3) is 0.444. The van der Waals surface area contributed by atoms with Crippen LogP contribution in [0.1, 0.15) is 49.0 Å². The first-order valence-corrected chi connectivity index (χ1v) is 12.2. The number of rotatable bonds is 12. The predicted octanol–water partition coefficient (Wildman–Crippen LogP) is 2.82. The summed E-state index contributed by atoms with van der Waals surface area (Å²) >= 11 is 0. The second-order valence-corrected chi connectivity index (χ2v) is 8.76. The molecule has 0 aromatic heterocycles. The van der Waals surface area contributed by atoms with Gasteiger partial charge in [-0.25, -0.2) is 0 Å². The molecule has 0 spiro atoms. The zero-order valence-corrected chi connectivity index (χ0v) is 20.4. The first kappa shape index (κ1) is 26.2. The van der Waals surface area contributed by atoms with Crippen LogP contribution in [0.25, 0.3) is 0 Å². The van der Waals surface area contributed by atoms with E-state index in [2.05, 4.69) is 16.0 Å². The number of ether oxygens (including phenoxy) is 2. The second-order valence-electron chi connectivity index (χ2n) is 8.76. The maximum Gasteiger partial charge on any atom is 0.258 e. The van der Waals surface area contributed by atoms with E-state index in [1.54, 1.807) is 30.3 Å². The van der Waals surface area contributed by atoms with Crippen LogP contribution in [0.15, 0.2) is 54.6 Å². The number of para-hydroxylation sites is 1. The third kappa shape index (κ3) is 8.10. The van der Waals surface area contributed by atoms with Crippen molar-refractivity contribution in [3.8, 4) is 5.75 Å². The molecule has 3 N–H and O–H groups in total. The molecule has 188 valence electrons. The van der Waals surface area contributed by atoms with Gasteiger partial charge in [0, 0.05) is 30.8 Å². The number of carbonyl (C=O) groups is 3. The van der Waals surface area contributed by atoms with Gasteiger partial charge in [-0.1, -0.05) is 56.7 Å². The van der Waals surface area contributed by atoms with E-state index in [-0.39, 0.29) is 42.9 Å². The van der Waals surface area contributed by atoms with Gasteiger partial charge in [-0.05, 0) is 37.0 Å². The molecule has 3 amide bonds. The highest BCUT2D eigenvalue weighted by Gasteiger charge is 2.26. The summed E-state index contributed by atoms with van der Waals surface area (Å²) in [5.74, 6) is -0.313. The van der Waals surface area contributed by atoms with Gasteiger partial charge >= 0.3 is 0 Å². The maximum atomic E-state index is 13.0. The zero-order chi connectivity index (χ0) is 25.0. The first-order valence-electron chi connectivity index (χ1n) is 12.2. The highest BCUT2D eigenvalue weighted by atomic mass is 16.5. The molecule has 1 fully saturated rings. The smallest absolute Gasteiger partial charge is 0.258 e. The van der Waals surface area contributed by atoms with Gasteiger partial charge in [0.25, 0.3) is 11.8 Å². The first-order chi connectivity index (χ1) is 17.0. The summed E-state index contributed by atoms with van der Waals surface area (Å²) in [6.07, 6.45) is 2.77. The molecule has 1 aliphatic rings. The van der Waals surface area contributed by atoms with Crippen molar-refractivity contribution >= 4 is 17.7 Å². The summed E-state index contributed by atoms with van der Waals surface area (Å²) in [4.78, 5) is 37.8. The van der Waals surface area contributed by atoms with E-state index in [0.29, 0.717) is 17.9 Å². The molecule has 3 atom stereocenters. The Labute approximate surface area is 206 Å². The average molecular weight is 482 g/mol. The van der Waals surface area contributed by atoms with Gasteiger partial charge in [0.1, 0.15) is 11.8 Å². The Morgan fingerprint density at radius 1 is 1.06 bits per heavy atom. The van der Waals surface area contributed by atoms with Crippen molar-refractivity contribution in [2.75, 3.05) is 19.8 Å². The fourth-order valence-corrected chi connectivity index (χ4v) is 3.83. The SMILES string of the molecule is CC[C@H](C)[C@@H](NC(=O)c1ccccc1)C(=O)NCc1ccccc1OCC(=O)NC[C@H]1CCCO1. The van der Waals surface area contributed by atoms with Crippen molar-refractivity contribution in [2.45, 2.75) is 51.8 Å². The van der Waals surface area contributed by atoms with Crippen LogP contribution in [0, 0.1) is 5.92 Å². The Kier molecular flexibility index (Phi) is 10.1. The molecule has 8 nitrogen and oxygen atoms in total. The maximum absolute atomic E-state index is 13.0. The van der Waals surface area contributed by atoms with E-state index >= 15 is 0 Å². The molecule has 3 rings (SSSR count). The molecule has 8 heteroatoms. The standard InChI is InChI=1S/C27H35N3O5/c1-3-19(2)25(30-26(32)20-10-5-4-6-11-20)27(33)29-16-21-12-7-8-14-23(21)35-18-24(31)28-17-22-13-9-15-34-22/h4-8,10-12,14,19,22,25H,3,9,13,15-18H2,1-2H3,(H,28,31)(H,29,33)(H,30,32)/t19-,22+,25+/m0/s1. The minimum atomic E-state index is -0.677. The van der Waals surface area contributed by atoms with E-state index < -0.39 is 6.04 Å². The summed E-state index contributed by atoms with van der Waals surface area (Å²) < 4.78 is 11.2. The molecule has 0 unspecified atom stereocenters. The van der Waals surface area contributed by atoms with E-state index in [1.807, 2.05) is 38.1 Å². The number of benzene rings is 2. The molecule has 2 aromatic carbocycles. The molecule has 1 aliphatic heterocycles. The van der Waals surface area contributed by atoms with Crippen LogP contribution in [0.3, 0.4) is 0 Å². The Balaban J connectivity index is 1.54. The molecule has 0 saturated carbocycles. The molecule has 1 heterocycles. The molecule has 2 aromatic rings. The lowest BCUT2D eigenvalue weighted by atomic mass is 9.97. The van der Waals surface area contributed by atoms with Gasteiger partial charge in [0.15, 0.2) is 6.61 Å². The monoisotopic (exact) mass is 481 g/mol. The lowest BCUT2D eigenvalue weighted by Crippen LogP contribution is -2.50. The molecule has 1 saturated heterocycles. The molecule has 0 radical (unpaired) electrons. The summed E-state index contributed by atoms with van der Waals surface area (Å²) in [5, 5.41) is 8.61. The van der Waals surface area contributed by atoms with Gasteiger partial charge < -0.3 is 25.4 Å². The number of hydrogen-bond acceptors (Lipinski definition) is 5. The Morgan fingerprint density at radius 3 is 2.51 bits per heavy atom. The minimum Gasteiger partial charge on any atom is -0.483 e. The van der Waals surface area contributed by atoms with E-state index in [1.165, 1.54) is 0 Å². The summed E-state index contributed by atoms with van der Waals surface area (Å²) in [5.41, 5.74) is 1.25. The van der Waals surface area contributed by atoms with Crippen LogP contribution >= 0.6 is 0 Å². The molecular weight excluding hydrogens is 446 g/mol. The summed E-state index contributed by atoms with van der Waals surface area (Å²) in [6, 6.07) is 15.4. The minimum absolute atomic E-state index is 0.0540. The predicted molar refractivity (Wildman–Crippen MR) is 133 cm³/mol. The van der Waals surface area contributed by atoms with Crippen molar-refractivity contribution in [1.82, 2.24) is 16.0 Å². The molecule has 35 heavy (non-hydrogen) atoms. The van der Waals surface area contributed by atoms with Gasteiger partial charge in [-0.2, -0.15) is 0 Å². The number of amides is 3. The van der Waals surface area contributed by atoms with Gasteiger partial charge in [0.2, 0.25) is 5.91 Å². The topological polar surface area (TPSA) is 106 Å². The van der Waals surface area contributed by atoms with Crippen LogP contribution in [0.5, 0.6) is 5.75 Å². The molecule has 0 aliphatic carbocycles. The highest BCUT2D eigenvalue weighted by molar-refractivity contribution is 5.97. The van der Waals surface area contributed by atoms with Gasteiger partial charge in [0.05, 0.1) is 6.10 Å². The number of nitrogens with one attached hydrogen (secondary N) is 3. The Morgan fingerprint density at radius 2 is 1.80 bits per heavy atom. The number of carbonyl (C=O) groups excluding carboxylic acids is 3. The van der Waals surface area contributed by atoms with Crippen molar-refractivity contribution in [1.29, 1.82) is 0 Å². The normalized spacial score (nSPS) is 16.7. The highest BCUT2D eigenvalue weighted by Crippen LogP contribution is 2.18. The third-order valence-electron chi connectivity index (χ3n) is 6.15. The van der Waals surface area contributed by atoms with Crippen LogP contribution in [-0.2, 0) is 20.9 Å². The van der Waals surface area contributed by atoms with Crippen molar-refractivity contribution in [3.05, 3.63) is 65.7 Å². The lowest BCUT2D eigenvalue weighted by molar-refractivity contribution is -0.125. The van der Waals surface area contributed by atoms with Gasteiger partial charge in [-0.15, -0.1) is 0 Å². The van der Waals surface area contributed by atoms with Crippen LogP contribution in [0.4, 0.5) is 0 Å². The van der Waals surface area contributed by atoms with Crippen LogP contribution in [-0.4, -0.2) is 49.6 Å².